The Labute approximate surface area is 122 Å². The lowest BCUT2D eigenvalue weighted by Gasteiger charge is -2.20. The van der Waals surface area contributed by atoms with Crippen LogP contribution in [0.4, 0.5) is 5.69 Å². The lowest BCUT2D eigenvalue weighted by molar-refractivity contribution is -0.385. The highest BCUT2D eigenvalue weighted by molar-refractivity contribution is 5.85. The molecule has 1 aromatic carbocycles. The summed E-state index contributed by atoms with van der Waals surface area (Å²) in [6.45, 7) is 3.55. The van der Waals surface area contributed by atoms with E-state index in [1.165, 1.54) is 18.2 Å². The first kappa shape index (κ1) is 16.6. The summed E-state index contributed by atoms with van der Waals surface area (Å²) in [4.78, 5) is 33.4. The van der Waals surface area contributed by atoms with Gasteiger partial charge in [-0.25, -0.2) is 4.79 Å². The monoisotopic (exact) mass is 294 g/mol. The van der Waals surface area contributed by atoms with Crippen molar-refractivity contribution in [2.45, 2.75) is 32.7 Å². The van der Waals surface area contributed by atoms with E-state index in [0.717, 1.165) is 0 Å². The first-order valence-electron chi connectivity index (χ1n) is 6.61. The van der Waals surface area contributed by atoms with Gasteiger partial charge in [-0.1, -0.05) is 38.5 Å². The highest BCUT2D eigenvalue weighted by Crippen LogP contribution is 2.18. The van der Waals surface area contributed by atoms with E-state index in [-0.39, 0.29) is 23.6 Å². The van der Waals surface area contributed by atoms with E-state index in [1.54, 1.807) is 13.0 Å². The third-order valence-electron chi connectivity index (χ3n) is 3.33. The molecule has 0 bridgehead atoms. The molecule has 7 nitrogen and oxygen atoms in total. The molecule has 0 aromatic heterocycles. The molecule has 21 heavy (non-hydrogen) atoms. The summed E-state index contributed by atoms with van der Waals surface area (Å²) in [6.07, 6.45) is 0.375. The van der Waals surface area contributed by atoms with Gasteiger partial charge in [0.05, 0.1) is 11.3 Å². The van der Waals surface area contributed by atoms with E-state index in [4.69, 9.17) is 5.11 Å². The van der Waals surface area contributed by atoms with Crippen molar-refractivity contribution < 1.29 is 19.6 Å². The van der Waals surface area contributed by atoms with Crippen molar-refractivity contribution in [2.75, 3.05) is 0 Å². The number of nitro benzene ring substituents is 1. The zero-order valence-corrected chi connectivity index (χ0v) is 11.9. The molecule has 0 aliphatic carbocycles. The van der Waals surface area contributed by atoms with E-state index in [1.807, 2.05) is 6.92 Å². The van der Waals surface area contributed by atoms with Crippen molar-refractivity contribution in [3.8, 4) is 0 Å². The fourth-order valence-electron chi connectivity index (χ4n) is 1.92. The zero-order chi connectivity index (χ0) is 16.0. The van der Waals surface area contributed by atoms with Gasteiger partial charge in [-0.15, -0.1) is 0 Å². The minimum absolute atomic E-state index is 0.150. The number of amides is 1. The average Bonchev–Trinajstić information content (AvgIpc) is 2.44. The summed E-state index contributed by atoms with van der Waals surface area (Å²) in [7, 11) is 0. The van der Waals surface area contributed by atoms with Gasteiger partial charge in [-0.2, -0.15) is 0 Å². The van der Waals surface area contributed by atoms with Gasteiger partial charge < -0.3 is 10.4 Å². The highest BCUT2D eigenvalue weighted by Gasteiger charge is 2.26. The van der Waals surface area contributed by atoms with Crippen LogP contribution in [0.5, 0.6) is 0 Å². The van der Waals surface area contributed by atoms with Crippen molar-refractivity contribution in [2.24, 2.45) is 5.92 Å². The summed E-state index contributed by atoms with van der Waals surface area (Å²) in [6, 6.07) is 4.91. The summed E-state index contributed by atoms with van der Waals surface area (Å²) < 4.78 is 0. The summed E-state index contributed by atoms with van der Waals surface area (Å²) in [5.74, 6) is -1.88. The normalized spacial score (nSPS) is 13.2. The molecule has 0 saturated carbocycles. The molecule has 0 aliphatic rings. The van der Waals surface area contributed by atoms with E-state index in [9.17, 15) is 19.7 Å². The predicted molar refractivity (Wildman–Crippen MR) is 75.8 cm³/mol. The molecule has 0 saturated heterocycles. The molecule has 0 fully saturated rings. The van der Waals surface area contributed by atoms with Crippen LogP contribution in [0.2, 0.25) is 0 Å². The standard InChI is InChI=1S/C14H18N2O5/c1-3-9(2)13(14(18)19)15-12(17)8-10-6-4-5-7-11(10)16(20)21/h4-7,9,13H,3,8H2,1-2H3,(H,15,17)(H,18,19)/t9?,13-/m0/s1. The summed E-state index contributed by atoms with van der Waals surface area (Å²) in [5.41, 5.74) is 0.108. The number of para-hydroxylation sites is 1. The number of carbonyl (C=O) groups excluding carboxylic acids is 1. The van der Waals surface area contributed by atoms with E-state index in [0.29, 0.717) is 6.42 Å². The second-order valence-electron chi connectivity index (χ2n) is 4.83. The number of hydrogen-bond donors (Lipinski definition) is 2. The Morgan fingerprint density at radius 1 is 1.38 bits per heavy atom. The van der Waals surface area contributed by atoms with Gasteiger partial charge in [-0.05, 0) is 5.92 Å². The maximum absolute atomic E-state index is 11.9. The molecule has 7 heteroatoms. The van der Waals surface area contributed by atoms with E-state index >= 15 is 0 Å². The van der Waals surface area contributed by atoms with Crippen molar-refractivity contribution >= 4 is 17.6 Å². The molecule has 0 radical (unpaired) electrons. The van der Waals surface area contributed by atoms with Crippen molar-refractivity contribution in [1.29, 1.82) is 0 Å². The van der Waals surface area contributed by atoms with Crippen LogP contribution in [0, 0.1) is 16.0 Å². The minimum Gasteiger partial charge on any atom is -0.480 e. The van der Waals surface area contributed by atoms with Crippen LogP contribution in [0.3, 0.4) is 0 Å². The maximum atomic E-state index is 11.9. The molecule has 1 amide bonds. The van der Waals surface area contributed by atoms with Crippen LogP contribution in [0.15, 0.2) is 24.3 Å². The average molecular weight is 294 g/mol. The zero-order valence-electron chi connectivity index (χ0n) is 11.9. The SMILES string of the molecule is CCC(C)[C@H](NC(=O)Cc1ccccc1[N+](=O)[O-])C(=O)O. The Kier molecular flexibility index (Phi) is 5.83. The van der Waals surface area contributed by atoms with Gasteiger partial charge in [0.2, 0.25) is 5.91 Å². The van der Waals surface area contributed by atoms with Gasteiger partial charge >= 0.3 is 5.97 Å². The number of benzene rings is 1. The number of nitrogens with one attached hydrogen (secondary N) is 1. The molecule has 2 atom stereocenters. The fraction of sp³-hybridized carbons (Fsp3) is 0.429. The number of carboxylic acids is 1. The lowest BCUT2D eigenvalue weighted by atomic mass is 9.99. The third-order valence-corrected chi connectivity index (χ3v) is 3.33. The fourth-order valence-corrected chi connectivity index (χ4v) is 1.92. The quantitative estimate of drug-likeness (QED) is 0.588. The van der Waals surface area contributed by atoms with E-state index in [2.05, 4.69) is 5.32 Å². The van der Waals surface area contributed by atoms with Gasteiger partial charge in [0.15, 0.2) is 0 Å². The van der Waals surface area contributed by atoms with Crippen molar-refractivity contribution in [3.63, 3.8) is 0 Å². The van der Waals surface area contributed by atoms with Crippen molar-refractivity contribution in [3.05, 3.63) is 39.9 Å². The van der Waals surface area contributed by atoms with Gasteiger partial charge in [-0.3, -0.25) is 14.9 Å². The number of hydrogen-bond acceptors (Lipinski definition) is 4. The Morgan fingerprint density at radius 2 is 2.00 bits per heavy atom. The predicted octanol–water partition coefficient (Wildman–Crippen LogP) is 1.75. The molecule has 0 spiro atoms. The first-order chi connectivity index (χ1) is 9.86. The van der Waals surface area contributed by atoms with Crippen LogP contribution in [0.25, 0.3) is 0 Å². The molecule has 114 valence electrons. The molecule has 0 aliphatic heterocycles. The first-order valence-corrected chi connectivity index (χ1v) is 6.61. The van der Waals surface area contributed by atoms with Crippen LogP contribution >= 0.6 is 0 Å². The summed E-state index contributed by atoms with van der Waals surface area (Å²) >= 11 is 0. The molecule has 0 heterocycles. The molecule has 2 N–H and O–H groups in total. The van der Waals surface area contributed by atoms with Crippen LogP contribution in [-0.4, -0.2) is 27.9 Å². The minimum atomic E-state index is -1.11. The maximum Gasteiger partial charge on any atom is 0.326 e. The van der Waals surface area contributed by atoms with Gasteiger partial charge in [0.25, 0.3) is 5.69 Å². The summed E-state index contributed by atoms with van der Waals surface area (Å²) in [5, 5.41) is 22.4. The topological polar surface area (TPSA) is 110 Å². The Bertz CT molecular complexity index is 544. The van der Waals surface area contributed by atoms with Crippen LogP contribution in [-0.2, 0) is 16.0 Å². The second kappa shape index (κ2) is 7.37. The van der Waals surface area contributed by atoms with Crippen molar-refractivity contribution in [1.82, 2.24) is 5.32 Å². The number of aliphatic carboxylic acids is 1. The molecular formula is C14H18N2O5. The molecule has 1 unspecified atom stereocenters. The van der Waals surface area contributed by atoms with Crippen LogP contribution < -0.4 is 5.32 Å². The molecule has 1 aromatic rings. The Morgan fingerprint density at radius 3 is 2.52 bits per heavy atom. The number of rotatable bonds is 7. The second-order valence-corrected chi connectivity index (χ2v) is 4.83. The molecular weight excluding hydrogens is 276 g/mol. The Hall–Kier alpha value is -2.44. The van der Waals surface area contributed by atoms with Gasteiger partial charge in [0.1, 0.15) is 6.04 Å². The smallest absolute Gasteiger partial charge is 0.326 e. The highest BCUT2D eigenvalue weighted by atomic mass is 16.6. The third kappa shape index (κ3) is 4.55. The van der Waals surface area contributed by atoms with Gasteiger partial charge in [0, 0.05) is 11.6 Å². The number of carboxylic acid groups (broad SMARTS) is 1. The lowest BCUT2D eigenvalue weighted by Crippen LogP contribution is -2.45. The van der Waals surface area contributed by atoms with E-state index < -0.39 is 22.8 Å². The molecule has 1 rings (SSSR count). The number of nitro groups is 1. The number of nitrogens with zero attached hydrogens (tertiary/aromatic N) is 1. The Balaban J connectivity index is 2.82. The largest absolute Gasteiger partial charge is 0.480 e. The number of carbonyl (C=O) groups is 2. The van der Waals surface area contributed by atoms with Crippen LogP contribution in [0.1, 0.15) is 25.8 Å².